The predicted molar refractivity (Wildman–Crippen MR) is 182 cm³/mol. The van der Waals surface area contributed by atoms with Crippen LogP contribution >= 0.6 is 0 Å². The van der Waals surface area contributed by atoms with Crippen LogP contribution in [0.2, 0.25) is 0 Å². The van der Waals surface area contributed by atoms with Gasteiger partial charge in [0.25, 0.3) is 0 Å². The molecule has 4 unspecified atom stereocenters. The number of nitrogens with one attached hydrogen (secondary N) is 1. The van der Waals surface area contributed by atoms with Gasteiger partial charge in [0.15, 0.2) is 5.82 Å². The van der Waals surface area contributed by atoms with Crippen molar-refractivity contribution >= 4 is 27.5 Å². The molecule has 8 nitrogen and oxygen atoms in total. The Morgan fingerprint density at radius 1 is 0.979 bits per heavy atom. The van der Waals surface area contributed by atoms with Crippen LogP contribution in [0.4, 0.5) is 14.6 Å². The lowest BCUT2D eigenvalue weighted by Gasteiger charge is -2.41. The molecule has 5 aliphatic rings. The number of anilines is 1. The lowest BCUT2D eigenvalue weighted by molar-refractivity contribution is 0.0517. The molecule has 3 aromatic carbocycles. The zero-order chi connectivity index (χ0) is 32.7. The predicted octanol–water partition coefficient (Wildman–Crippen LogP) is 5.29. The maximum Gasteiger partial charge on any atom is 0.319 e. The molecule has 48 heavy (non-hydrogen) atoms. The number of phenolic OH excluding ortho intramolecular Hbond substituents is 1. The molecule has 0 amide bonds. The van der Waals surface area contributed by atoms with Crippen molar-refractivity contribution < 1.29 is 18.6 Å². The number of halogens is 2. The Balaban J connectivity index is 1.11. The van der Waals surface area contributed by atoms with Gasteiger partial charge in [-0.1, -0.05) is 18.1 Å². The van der Waals surface area contributed by atoms with Crippen molar-refractivity contribution in [2.75, 3.05) is 51.3 Å². The normalized spacial score (nSPS) is 26.3. The van der Waals surface area contributed by atoms with E-state index in [2.05, 4.69) is 33.0 Å². The second-order valence-corrected chi connectivity index (χ2v) is 14.9. The first-order valence-corrected chi connectivity index (χ1v) is 17.3. The van der Waals surface area contributed by atoms with E-state index in [1.807, 2.05) is 6.07 Å². The number of terminal acetylenes is 1. The molecule has 248 valence electrons. The van der Waals surface area contributed by atoms with Crippen LogP contribution in [0, 0.1) is 29.4 Å². The Morgan fingerprint density at radius 2 is 1.73 bits per heavy atom. The van der Waals surface area contributed by atoms with E-state index in [1.54, 1.807) is 12.1 Å². The van der Waals surface area contributed by atoms with E-state index < -0.39 is 11.6 Å². The number of ether oxygens (including phenoxy) is 1. The summed E-state index contributed by atoms with van der Waals surface area (Å²) in [6.45, 7) is 5.26. The molecule has 4 saturated heterocycles. The Morgan fingerprint density at radius 3 is 2.44 bits per heavy atom. The molecule has 1 aromatic heterocycles. The highest BCUT2D eigenvalue weighted by molar-refractivity contribution is 6.04. The van der Waals surface area contributed by atoms with E-state index in [0.29, 0.717) is 58.3 Å². The molecule has 9 rings (SSSR count). The van der Waals surface area contributed by atoms with Crippen molar-refractivity contribution in [2.24, 2.45) is 5.41 Å². The van der Waals surface area contributed by atoms with Crippen LogP contribution < -0.4 is 15.0 Å². The van der Waals surface area contributed by atoms with Crippen LogP contribution in [0.5, 0.6) is 11.8 Å². The van der Waals surface area contributed by atoms with Gasteiger partial charge in [0, 0.05) is 78.6 Å². The quantitative estimate of drug-likeness (QED) is 0.262. The fraction of sp³-hybridized carbons (Fsp3) is 0.474. The first-order chi connectivity index (χ1) is 23.3. The van der Waals surface area contributed by atoms with Gasteiger partial charge in [-0.25, -0.2) is 8.78 Å². The molecule has 4 bridgehead atoms. The summed E-state index contributed by atoms with van der Waals surface area (Å²) in [7, 11) is 2.22. The average molecular weight is 651 g/mol. The maximum atomic E-state index is 16.9. The molecule has 10 heteroatoms. The molecule has 4 atom stereocenters. The van der Waals surface area contributed by atoms with E-state index in [9.17, 15) is 9.50 Å². The highest BCUT2D eigenvalue weighted by Crippen LogP contribution is 2.49. The minimum Gasteiger partial charge on any atom is -0.508 e. The number of piperazine rings is 2. The number of hydrogen-bond acceptors (Lipinski definition) is 8. The Labute approximate surface area is 279 Å². The minimum atomic E-state index is -0.589. The Bertz CT molecular complexity index is 1970. The van der Waals surface area contributed by atoms with Gasteiger partial charge in [-0.15, -0.1) is 6.42 Å². The molecule has 5 heterocycles. The van der Waals surface area contributed by atoms with Crippen LogP contribution in [0.15, 0.2) is 36.4 Å². The number of benzene rings is 3. The van der Waals surface area contributed by atoms with E-state index in [1.165, 1.54) is 31.0 Å². The Kier molecular flexibility index (Phi) is 7.05. The van der Waals surface area contributed by atoms with Gasteiger partial charge < -0.3 is 25.0 Å². The van der Waals surface area contributed by atoms with Crippen LogP contribution in [0.1, 0.15) is 44.1 Å². The number of fused-ring (bicyclic) bond motifs is 6. The van der Waals surface area contributed by atoms with Gasteiger partial charge in [0.2, 0.25) is 0 Å². The number of aromatic hydroxyl groups is 1. The summed E-state index contributed by atoms with van der Waals surface area (Å²) in [5.74, 6) is 1.86. The van der Waals surface area contributed by atoms with E-state index in [0.717, 1.165) is 58.4 Å². The summed E-state index contributed by atoms with van der Waals surface area (Å²) >= 11 is 0. The minimum absolute atomic E-state index is 0.0224. The number of aromatic nitrogens is 2. The summed E-state index contributed by atoms with van der Waals surface area (Å²) < 4.78 is 38.3. The molecule has 4 aliphatic heterocycles. The standard InChI is InChI=1S/C38H40F2N6O2/c1-3-28-32(39)11-4-22-14-27(47)15-31(33(22)28)29-9-10-30-35(34(29)40)42-37(43-36(30)45-16-23-5-6-24(17-45)41-23)48-21-38(12-13-38)20-46-25-7-8-26(46)19-44(2)18-25/h1,4,9-11,14-15,23-26,41,47H,5-8,12-13,16-21H2,2H3. The second kappa shape index (κ2) is 11.3. The monoisotopic (exact) mass is 650 g/mol. The highest BCUT2D eigenvalue weighted by Gasteiger charge is 2.50. The van der Waals surface area contributed by atoms with Gasteiger partial charge in [-0.3, -0.25) is 4.90 Å². The number of phenols is 1. The van der Waals surface area contributed by atoms with Crippen molar-refractivity contribution in [1.82, 2.24) is 25.1 Å². The lowest BCUT2D eigenvalue weighted by Crippen LogP contribution is -2.54. The van der Waals surface area contributed by atoms with Crippen LogP contribution in [-0.4, -0.2) is 95.4 Å². The van der Waals surface area contributed by atoms with Gasteiger partial charge in [0.05, 0.1) is 12.2 Å². The fourth-order valence-corrected chi connectivity index (χ4v) is 8.98. The van der Waals surface area contributed by atoms with E-state index in [4.69, 9.17) is 21.1 Å². The number of nitrogens with zero attached hydrogens (tertiary/aromatic N) is 5. The molecule has 1 saturated carbocycles. The molecular weight excluding hydrogens is 610 g/mol. The maximum absolute atomic E-state index is 16.9. The van der Waals surface area contributed by atoms with Gasteiger partial charge in [0.1, 0.15) is 22.9 Å². The van der Waals surface area contributed by atoms with E-state index in [-0.39, 0.29) is 33.8 Å². The van der Waals surface area contributed by atoms with Gasteiger partial charge >= 0.3 is 6.01 Å². The first-order valence-electron chi connectivity index (χ1n) is 17.3. The van der Waals surface area contributed by atoms with Crippen molar-refractivity contribution in [3.63, 3.8) is 0 Å². The third kappa shape index (κ3) is 5.06. The van der Waals surface area contributed by atoms with E-state index >= 15 is 4.39 Å². The Hall–Kier alpha value is -4.04. The zero-order valence-electron chi connectivity index (χ0n) is 27.2. The molecule has 0 radical (unpaired) electrons. The molecule has 1 aliphatic carbocycles. The third-order valence-electron chi connectivity index (χ3n) is 11.6. The van der Waals surface area contributed by atoms with Crippen LogP contribution in [0.3, 0.4) is 0 Å². The summed E-state index contributed by atoms with van der Waals surface area (Å²) in [6.07, 6.45) is 12.6. The summed E-state index contributed by atoms with van der Waals surface area (Å²) in [5.41, 5.74) is 0.689. The fourth-order valence-electron chi connectivity index (χ4n) is 8.98. The molecule has 0 spiro atoms. The second-order valence-electron chi connectivity index (χ2n) is 14.9. The lowest BCUT2D eigenvalue weighted by atomic mass is 9.93. The molecule has 4 aromatic rings. The number of hydrogen-bond donors (Lipinski definition) is 2. The van der Waals surface area contributed by atoms with Crippen molar-refractivity contribution in [1.29, 1.82) is 0 Å². The van der Waals surface area contributed by atoms with Gasteiger partial charge in [-0.2, -0.15) is 9.97 Å². The average Bonchev–Trinajstić information content (AvgIpc) is 3.71. The highest BCUT2D eigenvalue weighted by atomic mass is 19.1. The third-order valence-corrected chi connectivity index (χ3v) is 11.6. The van der Waals surface area contributed by atoms with Gasteiger partial charge in [-0.05, 0) is 80.8 Å². The molecule has 5 fully saturated rings. The summed E-state index contributed by atoms with van der Waals surface area (Å²) in [4.78, 5) is 17.1. The summed E-state index contributed by atoms with van der Waals surface area (Å²) in [6, 6.07) is 11.3. The first kappa shape index (κ1) is 30.1. The topological polar surface area (TPSA) is 77.0 Å². The number of likely N-dealkylation sites (N-methyl/N-ethyl adjacent to an activating group) is 1. The van der Waals surface area contributed by atoms with Crippen LogP contribution in [-0.2, 0) is 0 Å². The van der Waals surface area contributed by atoms with Crippen molar-refractivity contribution in [2.45, 2.75) is 62.7 Å². The van der Waals surface area contributed by atoms with Crippen LogP contribution in [0.25, 0.3) is 32.8 Å². The molecule has 2 N–H and O–H groups in total. The van der Waals surface area contributed by atoms with Crippen molar-refractivity contribution in [3.05, 3.63) is 53.6 Å². The largest absolute Gasteiger partial charge is 0.508 e. The number of rotatable bonds is 7. The summed E-state index contributed by atoms with van der Waals surface area (Å²) in [5, 5.41) is 15.8. The number of likely N-dealkylation sites (tertiary alicyclic amines) is 1. The smallest absolute Gasteiger partial charge is 0.319 e. The SMILES string of the molecule is C#Cc1c(F)ccc2cc(O)cc(-c3ccc4c(N5CC6CCC(C5)N6)nc(OCC5(CN6C7CCC6CN(C)C7)CC5)nc4c3F)c12. The zero-order valence-corrected chi connectivity index (χ0v) is 27.2. The molecular formula is C38H40F2N6O2. The van der Waals surface area contributed by atoms with Crippen molar-refractivity contribution in [3.8, 4) is 35.2 Å².